The van der Waals surface area contributed by atoms with Gasteiger partial charge in [0.25, 0.3) is 0 Å². The molecule has 1 N–H and O–H groups in total. The molecule has 2 saturated carbocycles. The van der Waals surface area contributed by atoms with Crippen LogP contribution in [0.1, 0.15) is 52.4 Å². The summed E-state index contributed by atoms with van der Waals surface area (Å²) in [5, 5.41) is 9.45. The van der Waals surface area contributed by atoms with E-state index < -0.39 is 0 Å². The lowest BCUT2D eigenvalue weighted by atomic mass is 9.85. The molecule has 0 aliphatic heterocycles. The minimum absolute atomic E-state index is 0.308. The number of rotatable bonds is 3. The molecule has 0 aromatic rings. The van der Waals surface area contributed by atoms with Gasteiger partial charge in [-0.2, -0.15) is 0 Å². The average Bonchev–Trinajstić information content (AvgIpc) is 2.52. The zero-order chi connectivity index (χ0) is 9.53. The molecule has 0 spiro atoms. The number of aliphatic hydroxyl groups is 1. The van der Waals surface area contributed by atoms with E-state index in [2.05, 4.69) is 13.8 Å². The first-order valence-electron chi connectivity index (χ1n) is 5.71. The Hall–Kier alpha value is -0.0400. The molecule has 0 aromatic carbocycles. The smallest absolute Gasteiger partial charge is 0.0492 e. The van der Waals surface area contributed by atoms with Gasteiger partial charge in [-0.15, -0.1) is 0 Å². The lowest BCUT2D eigenvalue weighted by molar-refractivity contribution is 0.152. The van der Waals surface area contributed by atoms with Gasteiger partial charge in [-0.3, -0.25) is 0 Å². The summed E-state index contributed by atoms with van der Waals surface area (Å²) in [7, 11) is 0. The van der Waals surface area contributed by atoms with Gasteiger partial charge in [0.15, 0.2) is 0 Å². The zero-order valence-electron chi connectivity index (χ0n) is 8.97. The van der Waals surface area contributed by atoms with Gasteiger partial charge in [-0.1, -0.05) is 39.5 Å². The van der Waals surface area contributed by atoms with Crippen molar-refractivity contribution in [2.75, 3.05) is 6.61 Å². The molecule has 1 atom stereocenters. The van der Waals surface area contributed by atoms with E-state index in [1.807, 2.05) is 0 Å². The highest BCUT2D eigenvalue weighted by atomic mass is 16.3. The van der Waals surface area contributed by atoms with Crippen LogP contribution < -0.4 is 0 Å². The highest BCUT2D eigenvalue weighted by molar-refractivity contribution is 5.09. The van der Waals surface area contributed by atoms with Gasteiger partial charge in [0.1, 0.15) is 0 Å². The maximum Gasteiger partial charge on any atom is 0.0492 e. The molecule has 0 amide bonds. The Balaban J connectivity index is 1.92. The number of hydrogen-bond acceptors (Lipinski definition) is 1. The Morgan fingerprint density at radius 1 is 1.23 bits per heavy atom. The Morgan fingerprint density at radius 2 is 1.77 bits per heavy atom. The second kappa shape index (κ2) is 2.98. The molecule has 13 heavy (non-hydrogen) atoms. The molecular weight excluding hydrogens is 160 g/mol. The van der Waals surface area contributed by atoms with Crippen molar-refractivity contribution in [2.45, 2.75) is 52.4 Å². The molecule has 1 unspecified atom stereocenters. The van der Waals surface area contributed by atoms with E-state index in [-0.39, 0.29) is 0 Å². The predicted octanol–water partition coefficient (Wildman–Crippen LogP) is 2.98. The molecular formula is C12H22O. The van der Waals surface area contributed by atoms with Gasteiger partial charge < -0.3 is 5.11 Å². The van der Waals surface area contributed by atoms with Gasteiger partial charge >= 0.3 is 0 Å². The molecule has 2 rings (SSSR count). The fourth-order valence-electron chi connectivity index (χ4n) is 3.25. The summed E-state index contributed by atoms with van der Waals surface area (Å²) < 4.78 is 0. The summed E-state index contributed by atoms with van der Waals surface area (Å²) >= 11 is 0. The molecule has 2 fully saturated rings. The van der Waals surface area contributed by atoms with Crippen molar-refractivity contribution in [1.29, 1.82) is 0 Å². The molecule has 1 nitrogen and oxygen atoms in total. The first-order chi connectivity index (χ1) is 6.10. The summed E-state index contributed by atoms with van der Waals surface area (Å²) in [5.74, 6) is 0.925. The predicted molar refractivity (Wildman–Crippen MR) is 54.5 cm³/mol. The summed E-state index contributed by atoms with van der Waals surface area (Å²) in [4.78, 5) is 0. The summed E-state index contributed by atoms with van der Waals surface area (Å²) in [5.41, 5.74) is 0.729. The Kier molecular flexibility index (Phi) is 2.18. The SMILES string of the molecule is CC1(C)CC1(CO)CC1CCCC1. The normalized spacial score (nSPS) is 38.1. The largest absolute Gasteiger partial charge is 0.396 e. The van der Waals surface area contributed by atoms with Crippen molar-refractivity contribution >= 4 is 0 Å². The standard InChI is InChI=1S/C12H22O/c1-11(2)8-12(11,9-13)7-10-5-3-4-6-10/h10,13H,3-9H2,1-2H3. The van der Waals surface area contributed by atoms with Crippen LogP contribution in [0.25, 0.3) is 0 Å². The molecule has 2 aliphatic rings. The van der Waals surface area contributed by atoms with Crippen LogP contribution >= 0.6 is 0 Å². The molecule has 0 saturated heterocycles. The second-order valence-corrected chi connectivity index (χ2v) is 5.85. The van der Waals surface area contributed by atoms with Gasteiger partial charge in [0.05, 0.1) is 0 Å². The number of aliphatic hydroxyl groups excluding tert-OH is 1. The third-order valence-electron chi connectivity index (χ3n) is 4.55. The van der Waals surface area contributed by atoms with Crippen molar-refractivity contribution in [3.8, 4) is 0 Å². The molecule has 1 heteroatoms. The van der Waals surface area contributed by atoms with Gasteiger partial charge in [-0.05, 0) is 29.6 Å². The van der Waals surface area contributed by atoms with E-state index in [1.165, 1.54) is 38.5 Å². The second-order valence-electron chi connectivity index (χ2n) is 5.85. The minimum Gasteiger partial charge on any atom is -0.396 e. The van der Waals surface area contributed by atoms with Gasteiger partial charge in [0.2, 0.25) is 0 Å². The Labute approximate surface area is 81.5 Å². The van der Waals surface area contributed by atoms with Crippen LogP contribution in [0.4, 0.5) is 0 Å². The molecule has 0 heterocycles. The van der Waals surface area contributed by atoms with Crippen molar-refractivity contribution in [3.63, 3.8) is 0 Å². The number of hydrogen-bond donors (Lipinski definition) is 1. The highest BCUT2D eigenvalue weighted by Crippen LogP contribution is 2.66. The van der Waals surface area contributed by atoms with Crippen LogP contribution in [0.5, 0.6) is 0 Å². The lowest BCUT2D eigenvalue weighted by Gasteiger charge is -2.21. The fourth-order valence-corrected chi connectivity index (χ4v) is 3.25. The van der Waals surface area contributed by atoms with E-state index in [0.29, 0.717) is 17.4 Å². The van der Waals surface area contributed by atoms with Crippen LogP contribution in [0, 0.1) is 16.7 Å². The van der Waals surface area contributed by atoms with Crippen LogP contribution in [0.2, 0.25) is 0 Å². The molecule has 76 valence electrons. The summed E-state index contributed by atoms with van der Waals surface area (Å²) in [6.45, 7) is 5.02. The van der Waals surface area contributed by atoms with Crippen molar-refractivity contribution in [2.24, 2.45) is 16.7 Å². The topological polar surface area (TPSA) is 20.2 Å². The van der Waals surface area contributed by atoms with E-state index in [0.717, 1.165) is 5.92 Å². The zero-order valence-corrected chi connectivity index (χ0v) is 8.97. The third kappa shape index (κ3) is 1.52. The Bertz CT molecular complexity index is 191. The van der Waals surface area contributed by atoms with E-state index in [4.69, 9.17) is 0 Å². The molecule has 0 radical (unpaired) electrons. The van der Waals surface area contributed by atoms with E-state index >= 15 is 0 Å². The van der Waals surface area contributed by atoms with E-state index in [1.54, 1.807) is 0 Å². The lowest BCUT2D eigenvalue weighted by Crippen LogP contribution is -2.17. The maximum atomic E-state index is 9.45. The minimum atomic E-state index is 0.308. The molecule has 2 aliphatic carbocycles. The van der Waals surface area contributed by atoms with Crippen molar-refractivity contribution < 1.29 is 5.11 Å². The van der Waals surface area contributed by atoms with Crippen molar-refractivity contribution in [1.82, 2.24) is 0 Å². The average molecular weight is 182 g/mol. The third-order valence-corrected chi connectivity index (χ3v) is 4.55. The first-order valence-corrected chi connectivity index (χ1v) is 5.71. The van der Waals surface area contributed by atoms with Crippen LogP contribution in [-0.2, 0) is 0 Å². The highest BCUT2D eigenvalue weighted by Gasteiger charge is 2.60. The van der Waals surface area contributed by atoms with Crippen LogP contribution in [0.3, 0.4) is 0 Å². The summed E-state index contributed by atoms with van der Waals surface area (Å²) in [6, 6.07) is 0. The van der Waals surface area contributed by atoms with Gasteiger partial charge in [-0.25, -0.2) is 0 Å². The quantitative estimate of drug-likeness (QED) is 0.711. The van der Waals surface area contributed by atoms with Crippen LogP contribution in [0.15, 0.2) is 0 Å². The van der Waals surface area contributed by atoms with Crippen LogP contribution in [-0.4, -0.2) is 11.7 Å². The first kappa shape index (κ1) is 9.51. The maximum absolute atomic E-state index is 9.45. The molecule has 0 aromatic heterocycles. The fraction of sp³-hybridized carbons (Fsp3) is 1.00. The van der Waals surface area contributed by atoms with E-state index in [9.17, 15) is 5.11 Å². The Morgan fingerprint density at radius 3 is 2.15 bits per heavy atom. The van der Waals surface area contributed by atoms with Gasteiger partial charge in [0, 0.05) is 6.61 Å². The van der Waals surface area contributed by atoms with Crippen molar-refractivity contribution in [3.05, 3.63) is 0 Å². The monoisotopic (exact) mass is 182 g/mol. The summed E-state index contributed by atoms with van der Waals surface area (Å²) in [6.07, 6.45) is 8.21. The molecule has 0 bridgehead atoms.